The van der Waals surface area contributed by atoms with Crippen LogP contribution in [0.25, 0.3) is 5.65 Å². The molecule has 0 aromatic carbocycles. The fourth-order valence-corrected chi connectivity index (χ4v) is 3.37. The summed E-state index contributed by atoms with van der Waals surface area (Å²) in [5.41, 5.74) is 1.37. The second-order valence-corrected chi connectivity index (χ2v) is 6.92. The summed E-state index contributed by atoms with van der Waals surface area (Å²) in [6, 6.07) is 5.46. The van der Waals surface area contributed by atoms with Crippen LogP contribution in [0.1, 0.15) is 38.2 Å². The first-order valence-electron chi connectivity index (χ1n) is 7.21. The van der Waals surface area contributed by atoms with Crippen LogP contribution < -0.4 is 5.32 Å². The number of carboxylic acids is 1. The zero-order chi connectivity index (χ0) is 15.4. The van der Waals surface area contributed by atoms with Crippen LogP contribution in [0.15, 0.2) is 24.4 Å². The van der Waals surface area contributed by atoms with Crippen LogP contribution in [0, 0.1) is 16.7 Å². The van der Waals surface area contributed by atoms with Crippen molar-refractivity contribution in [1.82, 2.24) is 9.38 Å². The average molecular weight is 287 g/mol. The summed E-state index contributed by atoms with van der Waals surface area (Å²) >= 11 is 0. The van der Waals surface area contributed by atoms with E-state index < -0.39 is 5.97 Å². The second-order valence-electron chi connectivity index (χ2n) is 6.92. The Morgan fingerprint density at radius 1 is 1.33 bits per heavy atom. The highest BCUT2D eigenvalue weighted by atomic mass is 16.4. The number of anilines is 1. The van der Waals surface area contributed by atoms with Gasteiger partial charge in [-0.3, -0.25) is 4.40 Å². The Labute approximate surface area is 124 Å². The Hall–Kier alpha value is -2.04. The molecule has 1 aliphatic carbocycles. The monoisotopic (exact) mass is 287 g/mol. The average Bonchev–Trinajstić information content (AvgIpc) is 2.72. The summed E-state index contributed by atoms with van der Waals surface area (Å²) in [4.78, 5) is 15.9. The number of carboxylic acid groups (broad SMARTS) is 1. The molecule has 1 fully saturated rings. The Morgan fingerprint density at radius 2 is 2.00 bits per heavy atom. The van der Waals surface area contributed by atoms with E-state index in [-0.39, 0.29) is 16.5 Å². The fraction of sp³-hybridized carbons (Fsp3) is 0.500. The van der Waals surface area contributed by atoms with E-state index in [0.717, 1.165) is 6.54 Å². The van der Waals surface area contributed by atoms with Gasteiger partial charge in [-0.05, 0) is 28.9 Å². The van der Waals surface area contributed by atoms with Crippen LogP contribution in [0.5, 0.6) is 0 Å². The van der Waals surface area contributed by atoms with Gasteiger partial charge in [0.05, 0.1) is 0 Å². The standard InChI is InChI=1S/C16H21N3O2/c1-15(2)10(16(15,3)4)9-17-13-12(14(20)21)19-8-6-5-7-11(19)18-13/h5-8,10,17H,9H2,1-4H3,(H,20,21). The van der Waals surface area contributed by atoms with Crippen molar-refractivity contribution in [3.05, 3.63) is 30.1 Å². The van der Waals surface area contributed by atoms with Crippen molar-refractivity contribution in [3.8, 4) is 0 Å². The van der Waals surface area contributed by atoms with Gasteiger partial charge >= 0.3 is 5.97 Å². The van der Waals surface area contributed by atoms with E-state index in [2.05, 4.69) is 38.0 Å². The van der Waals surface area contributed by atoms with Crippen molar-refractivity contribution in [2.75, 3.05) is 11.9 Å². The van der Waals surface area contributed by atoms with Crippen molar-refractivity contribution in [3.63, 3.8) is 0 Å². The molecule has 5 heteroatoms. The van der Waals surface area contributed by atoms with Crippen LogP contribution >= 0.6 is 0 Å². The summed E-state index contributed by atoms with van der Waals surface area (Å²) < 4.78 is 1.61. The van der Waals surface area contributed by atoms with E-state index in [1.807, 2.05) is 12.1 Å². The minimum absolute atomic E-state index is 0.196. The molecule has 112 valence electrons. The third-order valence-corrected chi connectivity index (χ3v) is 5.53. The van der Waals surface area contributed by atoms with Gasteiger partial charge in [0.15, 0.2) is 11.5 Å². The van der Waals surface area contributed by atoms with E-state index in [0.29, 0.717) is 17.4 Å². The Balaban J connectivity index is 1.88. The number of nitrogens with one attached hydrogen (secondary N) is 1. The molecule has 0 amide bonds. The van der Waals surface area contributed by atoms with E-state index in [1.54, 1.807) is 16.7 Å². The number of pyridine rings is 1. The first kappa shape index (κ1) is 13.9. The highest BCUT2D eigenvalue weighted by Gasteiger charge is 2.64. The molecule has 0 radical (unpaired) electrons. The van der Waals surface area contributed by atoms with E-state index in [1.165, 1.54) is 0 Å². The molecule has 0 unspecified atom stereocenters. The van der Waals surface area contributed by atoms with Gasteiger partial charge in [0.25, 0.3) is 0 Å². The lowest BCUT2D eigenvalue weighted by molar-refractivity contribution is 0.0690. The number of fused-ring (bicyclic) bond motifs is 1. The smallest absolute Gasteiger partial charge is 0.356 e. The van der Waals surface area contributed by atoms with Crippen LogP contribution in [-0.2, 0) is 0 Å². The predicted molar refractivity (Wildman–Crippen MR) is 81.7 cm³/mol. The lowest BCUT2D eigenvalue weighted by atomic mass is 10.0. The molecule has 0 spiro atoms. The van der Waals surface area contributed by atoms with Crippen molar-refractivity contribution in [2.45, 2.75) is 27.7 Å². The fourth-order valence-electron chi connectivity index (χ4n) is 3.37. The number of carbonyl (C=O) groups is 1. The largest absolute Gasteiger partial charge is 0.476 e. The van der Waals surface area contributed by atoms with Gasteiger partial charge in [-0.25, -0.2) is 9.78 Å². The van der Waals surface area contributed by atoms with E-state index in [4.69, 9.17) is 0 Å². The van der Waals surface area contributed by atoms with Crippen molar-refractivity contribution in [1.29, 1.82) is 0 Å². The molecule has 0 atom stereocenters. The van der Waals surface area contributed by atoms with Crippen LogP contribution in [0.4, 0.5) is 5.82 Å². The molecule has 21 heavy (non-hydrogen) atoms. The quantitative estimate of drug-likeness (QED) is 0.906. The van der Waals surface area contributed by atoms with Gasteiger partial charge in [0, 0.05) is 12.7 Å². The number of nitrogens with zero attached hydrogens (tertiary/aromatic N) is 2. The van der Waals surface area contributed by atoms with Crippen LogP contribution in [0.3, 0.4) is 0 Å². The maximum Gasteiger partial charge on any atom is 0.356 e. The number of hydrogen-bond acceptors (Lipinski definition) is 3. The molecule has 2 aromatic rings. The summed E-state index contributed by atoms with van der Waals surface area (Å²) in [7, 11) is 0. The minimum atomic E-state index is -0.967. The summed E-state index contributed by atoms with van der Waals surface area (Å²) in [6.07, 6.45) is 1.72. The molecule has 2 N–H and O–H groups in total. The third-order valence-electron chi connectivity index (χ3n) is 5.53. The van der Waals surface area contributed by atoms with Gasteiger partial charge < -0.3 is 10.4 Å². The van der Waals surface area contributed by atoms with Crippen LogP contribution in [0.2, 0.25) is 0 Å². The molecule has 1 aliphatic rings. The first-order valence-corrected chi connectivity index (χ1v) is 7.21. The third kappa shape index (κ3) is 1.91. The van der Waals surface area contributed by atoms with Crippen molar-refractivity contribution in [2.24, 2.45) is 16.7 Å². The van der Waals surface area contributed by atoms with Gasteiger partial charge in [0.2, 0.25) is 0 Å². The lowest BCUT2D eigenvalue weighted by Gasteiger charge is -2.06. The summed E-state index contributed by atoms with van der Waals surface area (Å²) in [5, 5.41) is 12.7. The molecule has 0 saturated heterocycles. The SMILES string of the molecule is CC1(C)C(CNc2nc3ccccn3c2C(=O)O)C1(C)C. The number of aromatic nitrogens is 2. The predicted octanol–water partition coefficient (Wildman–Crippen LogP) is 3.13. The molecule has 5 nitrogen and oxygen atoms in total. The lowest BCUT2D eigenvalue weighted by Crippen LogP contribution is -2.12. The van der Waals surface area contributed by atoms with Gasteiger partial charge in [-0.15, -0.1) is 0 Å². The Bertz CT molecular complexity index is 701. The number of aromatic carboxylic acids is 1. The van der Waals surface area contributed by atoms with Gasteiger partial charge in [-0.1, -0.05) is 33.8 Å². The normalized spacial score (nSPS) is 19.6. The van der Waals surface area contributed by atoms with E-state index in [9.17, 15) is 9.90 Å². The highest BCUT2D eigenvalue weighted by Crippen LogP contribution is 2.68. The molecular formula is C16H21N3O2. The number of rotatable bonds is 4. The summed E-state index contributed by atoms with van der Waals surface area (Å²) in [6.45, 7) is 9.74. The van der Waals surface area contributed by atoms with Crippen LogP contribution in [-0.4, -0.2) is 27.0 Å². The molecule has 0 bridgehead atoms. The minimum Gasteiger partial charge on any atom is -0.476 e. The molecule has 2 aromatic heterocycles. The summed E-state index contributed by atoms with van der Waals surface area (Å²) in [5.74, 6) is -0.00539. The van der Waals surface area contributed by atoms with Crippen molar-refractivity contribution >= 4 is 17.4 Å². The molecule has 1 saturated carbocycles. The zero-order valence-electron chi connectivity index (χ0n) is 12.8. The topological polar surface area (TPSA) is 66.6 Å². The van der Waals surface area contributed by atoms with E-state index >= 15 is 0 Å². The maximum absolute atomic E-state index is 11.5. The molecule has 0 aliphatic heterocycles. The number of hydrogen-bond donors (Lipinski definition) is 2. The van der Waals surface area contributed by atoms with Gasteiger partial charge in [0.1, 0.15) is 5.65 Å². The Kier molecular flexibility index (Phi) is 2.80. The Morgan fingerprint density at radius 3 is 2.57 bits per heavy atom. The second kappa shape index (κ2) is 4.23. The zero-order valence-corrected chi connectivity index (χ0v) is 12.8. The molecular weight excluding hydrogens is 266 g/mol. The molecule has 3 rings (SSSR count). The highest BCUT2D eigenvalue weighted by molar-refractivity contribution is 5.92. The molecule has 2 heterocycles. The van der Waals surface area contributed by atoms with Gasteiger partial charge in [-0.2, -0.15) is 0 Å². The maximum atomic E-state index is 11.5. The number of imidazole rings is 1. The first-order chi connectivity index (χ1) is 9.76. The van der Waals surface area contributed by atoms with Crippen molar-refractivity contribution < 1.29 is 9.90 Å².